The molecule has 0 saturated carbocycles. The van der Waals surface area contributed by atoms with Gasteiger partial charge in [0.25, 0.3) is 5.69 Å². The number of aliphatic hydroxyl groups is 1. The van der Waals surface area contributed by atoms with Crippen LogP contribution in [0.25, 0.3) is 0 Å². The summed E-state index contributed by atoms with van der Waals surface area (Å²) in [5.41, 5.74) is 0.517. The summed E-state index contributed by atoms with van der Waals surface area (Å²) in [7, 11) is -2.25. The van der Waals surface area contributed by atoms with Crippen LogP contribution in [0.15, 0.2) is 84.9 Å². The van der Waals surface area contributed by atoms with Gasteiger partial charge in [0.2, 0.25) is 0 Å². The number of non-ortho nitro benzene ring substituents is 1. The minimum atomic E-state index is -2.25. The third kappa shape index (κ3) is 3.71. The number of Topliss-reactive ketones (excluding diaryl/α,β-unsaturated/α-hetero) is 1. The average Bonchev–Trinajstić information content (AvgIpc) is 2.80. The predicted molar refractivity (Wildman–Crippen MR) is 119 cm³/mol. The summed E-state index contributed by atoms with van der Waals surface area (Å²) in [5.74, 6) is -0.455. The SMILES string of the molecule is O=C1CC[Si](c2ccccc2)(c2ccccc2)C[C@H]1[C@@H](O)c1ccc([N+](=O)[O-])cc1. The zero-order valence-electron chi connectivity index (χ0n) is 16.5. The number of rotatable bonds is 5. The van der Waals surface area contributed by atoms with E-state index in [1.807, 2.05) is 36.4 Å². The summed E-state index contributed by atoms with van der Waals surface area (Å²) >= 11 is 0. The summed E-state index contributed by atoms with van der Waals surface area (Å²) in [4.78, 5) is 23.4. The number of nitrogens with zero attached hydrogens (tertiary/aromatic N) is 1. The van der Waals surface area contributed by atoms with Crippen molar-refractivity contribution in [2.24, 2.45) is 5.92 Å². The minimum Gasteiger partial charge on any atom is -0.388 e. The quantitative estimate of drug-likeness (QED) is 0.392. The lowest BCUT2D eigenvalue weighted by Crippen LogP contribution is -2.62. The number of hydrogen-bond donors (Lipinski definition) is 1. The Morgan fingerprint density at radius 1 is 0.900 bits per heavy atom. The fourth-order valence-corrected chi connectivity index (χ4v) is 9.75. The Bertz CT molecular complexity index is 998. The van der Waals surface area contributed by atoms with E-state index >= 15 is 0 Å². The van der Waals surface area contributed by atoms with Crippen molar-refractivity contribution in [3.8, 4) is 0 Å². The molecule has 0 spiro atoms. The highest BCUT2D eigenvalue weighted by molar-refractivity contribution is 7.02. The van der Waals surface area contributed by atoms with E-state index in [1.54, 1.807) is 12.1 Å². The predicted octanol–water partition coefficient (Wildman–Crippen LogP) is 3.48. The van der Waals surface area contributed by atoms with Crippen LogP contribution >= 0.6 is 0 Å². The molecule has 0 unspecified atom stereocenters. The van der Waals surface area contributed by atoms with Gasteiger partial charge >= 0.3 is 0 Å². The van der Waals surface area contributed by atoms with Crippen molar-refractivity contribution < 1.29 is 14.8 Å². The number of nitro benzene ring substituents is 1. The van der Waals surface area contributed by atoms with E-state index in [0.29, 0.717) is 18.0 Å². The summed E-state index contributed by atoms with van der Waals surface area (Å²) in [6.07, 6.45) is -0.539. The van der Waals surface area contributed by atoms with Crippen molar-refractivity contribution in [2.75, 3.05) is 0 Å². The molecule has 30 heavy (non-hydrogen) atoms. The van der Waals surface area contributed by atoms with Crippen LogP contribution in [-0.2, 0) is 4.79 Å². The van der Waals surface area contributed by atoms with Gasteiger partial charge in [-0.1, -0.05) is 71.0 Å². The third-order valence-corrected chi connectivity index (χ3v) is 11.4. The molecule has 1 saturated heterocycles. The molecule has 1 aliphatic rings. The zero-order chi connectivity index (χ0) is 21.1. The van der Waals surface area contributed by atoms with Gasteiger partial charge in [-0.3, -0.25) is 14.9 Å². The van der Waals surface area contributed by atoms with Crippen LogP contribution in [0, 0.1) is 16.0 Å². The van der Waals surface area contributed by atoms with Crippen LogP contribution in [-0.4, -0.2) is 23.9 Å². The second kappa shape index (κ2) is 8.34. The zero-order valence-corrected chi connectivity index (χ0v) is 17.5. The van der Waals surface area contributed by atoms with Gasteiger partial charge < -0.3 is 5.11 Å². The lowest BCUT2D eigenvalue weighted by Gasteiger charge is -2.41. The van der Waals surface area contributed by atoms with E-state index in [0.717, 1.165) is 6.04 Å². The first-order chi connectivity index (χ1) is 14.5. The average molecular weight is 418 g/mol. The van der Waals surface area contributed by atoms with Crippen molar-refractivity contribution >= 4 is 29.9 Å². The molecule has 5 nitrogen and oxygen atoms in total. The van der Waals surface area contributed by atoms with E-state index in [-0.39, 0.29) is 11.5 Å². The molecule has 6 heteroatoms. The molecular weight excluding hydrogens is 394 g/mol. The molecule has 3 aromatic rings. The summed E-state index contributed by atoms with van der Waals surface area (Å²) in [6, 6.07) is 28.0. The Labute approximate surface area is 176 Å². The van der Waals surface area contributed by atoms with Gasteiger partial charge in [-0.15, -0.1) is 0 Å². The number of ketones is 1. The largest absolute Gasteiger partial charge is 0.388 e. The van der Waals surface area contributed by atoms with Crippen LogP contribution < -0.4 is 10.4 Å². The molecule has 1 aliphatic heterocycles. The highest BCUT2D eigenvalue weighted by atomic mass is 28.3. The molecule has 152 valence electrons. The van der Waals surface area contributed by atoms with Crippen LogP contribution in [0.4, 0.5) is 5.69 Å². The lowest BCUT2D eigenvalue weighted by atomic mass is 9.92. The smallest absolute Gasteiger partial charge is 0.269 e. The summed E-state index contributed by atoms with van der Waals surface area (Å²) in [5, 5.41) is 24.6. The Morgan fingerprint density at radius 2 is 1.43 bits per heavy atom. The van der Waals surface area contributed by atoms with Gasteiger partial charge in [0.05, 0.1) is 11.0 Å². The van der Waals surface area contributed by atoms with Gasteiger partial charge in [0.1, 0.15) is 13.9 Å². The van der Waals surface area contributed by atoms with Crippen molar-refractivity contribution in [3.63, 3.8) is 0 Å². The molecule has 1 N–H and O–H groups in total. The first-order valence-corrected chi connectivity index (χ1v) is 12.5. The lowest BCUT2D eigenvalue weighted by molar-refractivity contribution is -0.384. The monoisotopic (exact) mass is 417 g/mol. The van der Waals surface area contributed by atoms with Crippen molar-refractivity contribution in [1.82, 2.24) is 0 Å². The molecule has 0 aliphatic carbocycles. The molecular formula is C24H23NO4Si. The molecule has 4 rings (SSSR count). The first kappa shape index (κ1) is 20.2. The highest BCUT2D eigenvalue weighted by Gasteiger charge is 2.47. The summed E-state index contributed by atoms with van der Waals surface area (Å²) < 4.78 is 0. The maximum Gasteiger partial charge on any atom is 0.269 e. The van der Waals surface area contributed by atoms with Crippen molar-refractivity contribution in [2.45, 2.75) is 24.6 Å². The summed E-state index contributed by atoms with van der Waals surface area (Å²) in [6.45, 7) is 0. The Balaban J connectivity index is 1.72. The van der Waals surface area contributed by atoms with E-state index in [9.17, 15) is 20.0 Å². The molecule has 1 fully saturated rings. The highest BCUT2D eigenvalue weighted by Crippen LogP contribution is 2.38. The number of carbonyl (C=O) groups is 1. The van der Waals surface area contributed by atoms with Gasteiger partial charge in [-0.05, 0) is 29.8 Å². The second-order valence-electron chi connectivity index (χ2n) is 7.88. The number of hydrogen-bond acceptors (Lipinski definition) is 4. The Morgan fingerprint density at radius 3 is 1.93 bits per heavy atom. The Kier molecular flexibility index (Phi) is 5.61. The molecule has 0 radical (unpaired) electrons. The number of carbonyl (C=O) groups excluding carboxylic acids is 1. The fraction of sp³-hybridized carbons (Fsp3) is 0.208. The van der Waals surface area contributed by atoms with Gasteiger partial charge in [-0.2, -0.15) is 0 Å². The second-order valence-corrected chi connectivity index (χ2v) is 12.1. The number of aliphatic hydroxyl groups excluding tert-OH is 1. The molecule has 3 aromatic carbocycles. The molecule has 0 bridgehead atoms. The topological polar surface area (TPSA) is 80.4 Å². The Hall–Kier alpha value is -3.09. The standard InChI is InChI=1S/C24H23NO4Si/c26-23-15-16-30(20-7-3-1-4-8-20,21-9-5-2-6-10-21)17-22(23)24(27)18-11-13-19(14-12-18)25(28)29/h1-14,22,24,27H,15-17H2/t22-,24+/m1/s1. The van der Waals surface area contributed by atoms with E-state index in [2.05, 4.69) is 24.3 Å². The van der Waals surface area contributed by atoms with Crippen molar-refractivity contribution in [1.29, 1.82) is 0 Å². The van der Waals surface area contributed by atoms with E-state index in [4.69, 9.17) is 0 Å². The van der Waals surface area contributed by atoms with Crippen molar-refractivity contribution in [3.05, 3.63) is 101 Å². The van der Waals surface area contributed by atoms with Gasteiger partial charge in [0.15, 0.2) is 0 Å². The van der Waals surface area contributed by atoms with E-state index < -0.39 is 25.0 Å². The fourth-order valence-electron chi connectivity index (χ4n) is 4.63. The maximum atomic E-state index is 12.9. The van der Waals surface area contributed by atoms with Gasteiger partial charge in [-0.25, -0.2) is 0 Å². The normalized spacial score (nSPS) is 19.2. The van der Waals surface area contributed by atoms with Crippen LogP contribution in [0.3, 0.4) is 0 Å². The molecule has 0 aromatic heterocycles. The van der Waals surface area contributed by atoms with E-state index in [1.165, 1.54) is 22.5 Å². The third-order valence-electron chi connectivity index (χ3n) is 6.26. The molecule has 2 atom stereocenters. The molecule has 1 heterocycles. The first-order valence-electron chi connectivity index (χ1n) is 10.1. The van der Waals surface area contributed by atoms with Crippen LogP contribution in [0.1, 0.15) is 18.1 Å². The number of nitro groups is 1. The molecule has 0 amide bonds. The number of benzene rings is 3. The minimum absolute atomic E-state index is 0.0294. The van der Waals surface area contributed by atoms with Gasteiger partial charge in [0, 0.05) is 24.5 Å². The van der Waals surface area contributed by atoms with Crippen LogP contribution in [0.2, 0.25) is 12.1 Å². The van der Waals surface area contributed by atoms with Crippen LogP contribution in [0.5, 0.6) is 0 Å². The maximum absolute atomic E-state index is 12.9.